The first-order valence-electron chi connectivity index (χ1n) is 6.71. The Morgan fingerprint density at radius 1 is 1.24 bits per heavy atom. The van der Waals surface area contributed by atoms with Crippen molar-refractivity contribution in [3.05, 3.63) is 23.8 Å². The van der Waals surface area contributed by atoms with Crippen molar-refractivity contribution in [1.82, 2.24) is 4.72 Å². The van der Waals surface area contributed by atoms with Crippen LogP contribution in [0.5, 0.6) is 0 Å². The molecule has 0 unspecified atom stereocenters. The second-order valence-corrected chi connectivity index (χ2v) is 7.12. The van der Waals surface area contributed by atoms with Crippen LogP contribution in [0.2, 0.25) is 0 Å². The molecule has 118 valence electrons. The fourth-order valence-corrected chi connectivity index (χ4v) is 3.66. The first-order chi connectivity index (χ1) is 9.75. The minimum Gasteiger partial charge on any atom is -0.394 e. The van der Waals surface area contributed by atoms with Crippen LogP contribution in [0.25, 0.3) is 0 Å². The highest BCUT2D eigenvalue weighted by molar-refractivity contribution is 7.89. The van der Waals surface area contributed by atoms with Crippen molar-refractivity contribution < 1.29 is 22.3 Å². The maximum atomic E-state index is 13.8. The van der Waals surface area contributed by atoms with Crippen molar-refractivity contribution in [3.63, 3.8) is 0 Å². The Bertz CT molecular complexity index is 629. The van der Waals surface area contributed by atoms with Crippen LogP contribution in [0.1, 0.15) is 32.1 Å². The van der Waals surface area contributed by atoms with Gasteiger partial charge in [0, 0.05) is 6.54 Å². The molecule has 8 heteroatoms. The lowest BCUT2D eigenvalue weighted by molar-refractivity contribution is 0.00944. The summed E-state index contributed by atoms with van der Waals surface area (Å²) in [6.45, 7) is -0.202. The maximum absolute atomic E-state index is 13.8. The first kappa shape index (κ1) is 16.1. The van der Waals surface area contributed by atoms with Gasteiger partial charge in [-0.3, -0.25) is 0 Å². The number of nitrogen functional groups attached to an aromatic ring is 1. The third kappa shape index (κ3) is 3.50. The zero-order chi connectivity index (χ0) is 15.7. The van der Waals surface area contributed by atoms with Gasteiger partial charge in [0.1, 0.15) is 16.4 Å². The van der Waals surface area contributed by atoms with Crippen molar-refractivity contribution in [1.29, 1.82) is 0 Å². The quantitative estimate of drug-likeness (QED) is 0.733. The van der Waals surface area contributed by atoms with E-state index >= 15 is 0 Å². The number of halogens is 2. The Morgan fingerprint density at radius 3 is 2.48 bits per heavy atom. The van der Waals surface area contributed by atoms with Crippen LogP contribution in [0.15, 0.2) is 17.0 Å². The van der Waals surface area contributed by atoms with Crippen molar-refractivity contribution in [2.45, 2.75) is 42.6 Å². The predicted octanol–water partition coefficient (Wildman–Crippen LogP) is 1.52. The van der Waals surface area contributed by atoms with E-state index in [2.05, 4.69) is 4.72 Å². The van der Waals surface area contributed by atoms with Gasteiger partial charge in [-0.05, 0) is 25.0 Å². The molecule has 0 amide bonds. The molecule has 5 nitrogen and oxygen atoms in total. The van der Waals surface area contributed by atoms with Crippen molar-refractivity contribution in [3.8, 4) is 0 Å². The zero-order valence-corrected chi connectivity index (χ0v) is 12.2. The van der Waals surface area contributed by atoms with Crippen LogP contribution in [0, 0.1) is 11.6 Å². The number of sulfonamides is 1. The third-order valence-electron chi connectivity index (χ3n) is 3.76. The maximum Gasteiger partial charge on any atom is 0.243 e. The molecule has 0 aromatic heterocycles. The number of hydrogen-bond acceptors (Lipinski definition) is 4. The molecule has 0 radical (unpaired) electrons. The summed E-state index contributed by atoms with van der Waals surface area (Å²) in [5.41, 5.74) is 3.20. The Balaban J connectivity index is 2.17. The smallest absolute Gasteiger partial charge is 0.243 e. The summed E-state index contributed by atoms with van der Waals surface area (Å²) in [6, 6.07) is 1.61. The fraction of sp³-hybridized carbons (Fsp3) is 0.538. The molecule has 1 fully saturated rings. The van der Waals surface area contributed by atoms with E-state index in [0.29, 0.717) is 12.8 Å². The lowest BCUT2D eigenvalue weighted by atomic mass is 9.85. The molecule has 1 aromatic rings. The molecule has 1 aromatic carbocycles. The highest BCUT2D eigenvalue weighted by atomic mass is 32.2. The van der Waals surface area contributed by atoms with Gasteiger partial charge in [0.05, 0.1) is 5.60 Å². The van der Waals surface area contributed by atoms with Crippen LogP contribution in [0.3, 0.4) is 0 Å². The van der Waals surface area contributed by atoms with E-state index in [4.69, 9.17) is 5.73 Å². The van der Waals surface area contributed by atoms with Gasteiger partial charge in [-0.1, -0.05) is 19.3 Å². The summed E-state index contributed by atoms with van der Waals surface area (Å²) in [7, 11) is -4.20. The fourth-order valence-electron chi connectivity index (χ4n) is 2.45. The Labute approximate surface area is 122 Å². The van der Waals surface area contributed by atoms with Crippen molar-refractivity contribution in [2.24, 2.45) is 0 Å². The molecule has 2 rings (SSSR count). The first-order valence-corrected chi connectivity index (χ1v) is 8.19. The van der Waals surface area contributed by atoms with Crippen LogP contribution in [0.4, 0.5) is 14.5 Å². The Hall–Kier alpha value is -1.25. The second kappa shape index (κ2) is 5.86. The number of aliphatic hydroxyl groups is 1. The number of nitrogens with one attached hydrogen (secondary N) is 1. The molecule has 4 N–H and O–H groups in total. The van der Waals surface area contributed by atoms with Gasteiger partial charge in [-0.25, -0.2) is 21.9 Å². The number of hydrogen-bond donors (Lipinski definition) is 3. The van der Waals surface area contributed by atoms with Crippen LogP contribution in [-0.4, -0.2) is 25.7 Å². The topological polar surface area (TPSA) is 92.4 Å². The standard InChI is InChI=1S/C13H18F2N2O3S/c14-9-4-5-10(11(15)12(9)16)21(19,20)17-8-13(18)6-2-1-3-7-13/h4-5,17-18H,1-3,6-8,16H2. The highest BCUT2D eigenvalue weighted by Gasteiger charge is 2.32. The van der Waals surface area contributed by atoms with Gasteiger partial charge in [0.2, 0.25) is 10.0 Å². The molecule has 0 bridgehead atoms. The summed E-state index contributed by atoms with van der Waals surface area (Å²) < 4.78 is 53.1. The number of anilines is 1. The van der Waals surface area contributed by atoms with Gasteiger partial charge in [0.25, 0.3) is 0 Å². The van der Waals surface area contributed by atoms with Gasteiger partial charge in [-0.15, -0.1) is 0 Å². The summed E-state index contributed by atoms with van der Waals surface area (Å²) in [5, 5.41) is 10.2. The lowest BCUT2D eigenvalue weighted by Gasteiger charge is -2.32. The van der Waals surface area contributed by atoms with Gasteiger partial charge in [-0.2, -0.15) is 0 Å². The summed E-state index contributed by atoms with van der Waals surface area (Å²) in [6.07, 6.45) is 3.61. The van der Waals surface area contributed by atoms with Gasteiger partial charge in [0.15, 0.2) is 5.82 Å². The minimum atomic E-state index is -4.20. The number of nitrogens with two attached hydrogens (primary N) is 1. The van der Waals surface area contributed by atoms with E-state index < -0.39 is 37.8 Å². The monoisotopic (exact) mass is 320 g/mol. The summed E-state index contributed by atoms with van der Waals surface area (Å²) in [4.78, 5) is -0.721. The van der Waals surface area contributed by atoms with Gasteiger partial charge >= 0.3 is 0 Å². The van der Waals surface area contributed by atoms with E-state index in [-0.39, 0.29) is 6.54 Å². The highest BCUT2D eigenvalue weighted by Crippen LogP contribution is 2.28. The van der Waals surface area contributed by atoms with E-state index in [0.717, 1.165) is 31.4 Å². The van der Waals surface area contributed by atoms with E-state index in [1.165, 1.54) is 0 Å². The average molecular weight is 320 g/mol. The van der Waals surface area contributed by atoms with Crippen LogP contribution >= 0.6 is 0 Å². The molecular weight excluding hydrogens is 302 g/mol. The van der Waals surface area contributed by atoms with Crippen LogP contribution < -0.4 is 10.5 Å². The molecule has 0 heterocycles. The molecule has 0 saturated heterocycles. The molecule has 0 atom stereocenters. The van der Waals surface area contributed by atoms with Gasteiger partial charge < -0.3 is 10.8 Å². The molecule has 1 aliphatic rings. The summed E-state index contributed by atoms with van der Waals surface area (Å²) in [5.74, 6) is -2.34. The molecule has 1 aliphatic carbocycles. The largest absolute Gasteiger partial charge is 0.394 e. The SMILES string of the molecule is Nc1c(F)ccc(S(=O)(=O)NCC2(O)CCCCC2)c1F. The third-order valence-corrected chi connectivity index (χ3v) is 5.17. The van der Waals surface area contributed by atoms with Crippen LogP contribution in [-0.2, 0) is 10.0 Å². The van der Waals surface area contributed by atoms with Crippen molar-refractivity contribution in [2.75, 3.05) is 12.3 Å². The van der Waals surface area contributed by atoms with E-state index in [1.807, 2.05) is 0 Å². The molecule has 0 spiro atoms. The Kier molecular flexibility index (Phi) is 4.50. The second-order valence-electron chi connectivity index (χ2n) is 5.38. The van der Waals surface area contributed by atoms with Crippen molar-refractivity contribution >= 4 is 15.7 Å². The number of rotatable bonds is 4. The summed E-state index contributed by atoms with van der Waals surface area (Å²) >= 11 is 0. The predicted molar refractivity (Wildman–Crippen MR) is 74.0 cm³/mol. The van der Waals surface area contributed by atoms with E-state index in [9.17, 15) is 22.3 Å². The minimum absolute atomic E-state index is 0.202. The molecule has 0 aliphatic heterocycles. The van der Waals surface area contributed by atoms with E-state index in [1.54, 1.807) is 0 Å². The number of benzene rings is 1. The lowest BCUT2D eigenvalue weighted by Crippen LogP contribution is -2.44. The molecule has 21 heavy (non-hydrogen) atoms. The normalized spacial score (nSPS) is 18.6. The molecule has 1 saturated carbocycles. The Morgan fingerprint density at radius 2 is 1.86 bits per heavy atom. The molecular formula is C13H18F2N2O3S. The zero-order valence-electron chi connectivity index (χ0n) is 11.4. The average Bonchev–Trinajstić information content (AvgIpc) is 2.44.